The zero-order chi connectivity index (χ0) is 11.8. The molecule has 0 aliphatic carbocycles. The highest BCUT2D eigenvalue weighted by molar-refractivity contribution is 7.80. The molecule has 86 valence electrons. The summed E-state index contributed by atoms with van der Waals surface area (Å²) in [6, 6.07) is 9.75. The smallest absolute Gasteiger partial charge is 0.305 e. The van der Waals surface area contributed by atoms with Gasteiger partial charge in [0.05, 0.1) is 13.5 Å². The molecule has 0 bridgehead atoms. The van der Waals surface area contributed by atoms with Crippen LogP contribution in [0.5, 0.6) is 0 Å². The zero-order valence-corrected chi connectivity index (χ0v) is 9.96. The van der Waals surface area contributed by atoms with E-state index in [1.807, 2.05) is 30.3 Å². The van der Waals surface area contributed by atoms with E-state index < -0.39 is 0 Å². The molecular weight excluding hydrogens is 224 g/mol. The molecule has 0 atom stereocenters. The number of rotatable bonds is 5. The first kappa shape index (κ1) is 12.6. The molecule has 0 amide bonds. The van der Waals surface area contributed by atoms with Gasteiger partial charge in [0.1, 0.15) is 6.61 Å². The SMILES string of the molecule is COC(=O)CCC(=S)OCc1ccccc1. The van der Waals surface area contributed by atoms with Crippen LogP contribution in [0.15, 0.2) is 30.3 Å². The van der Waals surface area contributed by atoms with Crippen LogP contribution in [0.1, 0.15) is 18.4 Å². The van der Waals surface area contributed by atoms with Gasteiger partial charge in [-0.15, -0.1) is 0 Å². The Morgan fingerprint density at radius 2 is 1.94 bits per heavy atom. The highest BCUT2D eigenvalue weighted by Gasteiger charge is 2.04. The van der Waals surface area contributed by atoms with Crippen LogP contribution in [0.2, 0.25) is 0 Å². The number of methoxy groups -OCH3 is 1. The average Bonchev–Trinajstić information content (AvgIpc) is 2.34. The number of ether oxygens (including phenoxy) is 2. The molecule has 4 heteroatoms. The van der Waals surface area contributed by atoms with Crippen LogP contribution in [0.25, 0.3) is 0 Å². The number of hydrogen-bond acceptors (Lipinski definition) is 4. The first-order valence-electron chi connectivity index (χ1n) is 4.98. The van der Waals surface area contributed by atoms with Crippen molar-refractivity contribution < 1.29 is 14.3 Å². The van der Waals surface area contributed by atoms with E-state index in [4.69, 9.17) is 17.0 Å². The molecule has 0 unspecified atom stereocenters. The van der Waals surface area contributed by atoms with Crippen LogP contribution in [-0.2, 0) is 20.9 Å². The summed E-state index contributed by atoms with van der Waals surface area (Å²) < 4.78 is 9.86. The highest BCUT2D eigenvalue weighted by Crippen LogP contribution is 2.04. The number of thiocarbonyl (C=S) groups is 1. The number of carbonyl (C=O) groups excluding carboxylic acids is 1. The van der Waals surface area contributed by atoms with Gasteiger partial charge in [-0.3, -0.25) is 4.79 Å². The van der Waals surface area contributed by atoms with Crippen LogP contribution < -0.4 is 0 Å². The van der Waals surface area contributed by atoms with Crippen molar-refractivity contribution in [2.75, 3.05) is 7.11 Å². The molecule has 0 spiro atoms. The second kappa shape index (κ2) is 6.95. The van der Waals surface area contributed by atoms with Gasteiger partial charge in [0.15, 0.2) is 5.05 Å². The lowest BCUT2D eigenvalue weighted by atomic mass is 10.2. The minimum absolute atomic E-state index is 0.268. The topological polar surface area (TPSA) is 35.5 Å². The summed E-state index contributed by atoms with van der Waals surface area (Å²) in [7, 11) is 1.36. The Hall–Kier alpha value is -1.42. The lowest BCUT2D eigenvalue weighted by Crippen LogP contribution is -2.07. The van der Waals surface area contributed by atoms with Crippen molar-refractivity contribution in [1.82, 2.24) is 0 Å². The molecule has 3 nitrogen and oxygen atoms in total. The fourth-order valence-electron chi connectivity index (χ4n) is 1.12. The van der Waals surface area contributed by atoms with E-state index in [1.54, 1.807) is 0 Å². The standard InChI is InChI=1S/C12H14O3S/c1-14-11(13)7-8-12(16)15-9-10-5-3-2-4-6-10/h2-6H,7-9H2,1H3. The summed E-state index contributed by atoms with van der Waals surface area (Å²) in [6.07, 6.45) is 0.693. The predicted molar refractivity (Wildman–Crippen MR) is 65.1 cm³/mol. The van der Waals surface area contributed by atoms with Crippen molar-refractivity contribution in [3.05, 3.63) is 35.9 Å². The molecule has 0 saturated carbocycles. The molecule has 0 radical (unpaired) electrons. The molecular formula is C12H14O3S. The summed E-state index contributed by atoms with van der Waals surface area (Å²) in [5.74, 6) is -0.273. The average molecular weight is 238 g/mol. The Kier molecular flexibility index (Phi) is 5.50. The van der Waals surface area contributed by atoms with E-state index in [9.17, 15) is 4.79 Å². The maximum absolute atomic E-state index is 10.9. The second-order valence-corrected chi connectivity index (χ2v) is 3.68. The Labute approximate surface area is 100 Å². The van der Waals surface area contributed by atoms with Crippen LogP contribution in [-0.4, -0.2) is 18.1 Å². The maximum Gasteiger partial charge on any atom is 0.305 e. The van der Waals surface area contributed by atoms with Crippen LogP contribution in [0.4, 0.5) is 0 Å². The Morgan fingerprint density at radius 1 is 1.25 bits per heavy atom. The van der Waals surface area contributed by atoms with Gasteiger partial charge in [0, 0.05) is 6.42 Å². The number of carbonyl (C=O) groups is 1. The summed E-state index contributed by atoms with van der Waals surface area (Å²) in [5.41, 5.74) is 1.06. The molecule has 0 heterocycles. The van der Waals surface area contributed by atoms with Gasteiger partial charge in [-0.25, -0.2) is 0 Å². The van der Waals surface area contributed by atoms with Gasteiger partial charge >= 0.3 is 5.97 Å². The van der Waals surface area contributed by atoms with Gasteiger partial charge in [-0.1, -0.05) is 30.3 Å². The first-order valence-corrected chi connectivity index (χ1v) is 5.39. The minimum atomic E-state index is -0.273. The Morgan fingerprint density at radius 3 is 2.56 bits per heavy atom. The van der Waals surface area contributed by atoms with E-state index in [0.717, 1.165) is 5.56 Å². The zero-order valence-electron chi connectivity index (χ0n) is 9.14. The fourth-order valence-corrected chi connectivity index (χ4v) is 1.28. The fraction of sp³-hybridized carbons (Fsp3) is 0.333. The van der Waals surface area contributed by atoms with Crippen LogP contribution >= 0.6 is 12.2 Å². The molecule has 1 aromatic rings. The van der Waals surface area contributed by atoms with E-state index in [-0.39, 0.29) is 12.4 Å². The van der Waals surface area contributed by atoms with Gasteiger partial charge in [0.25, 0.3) is 0 Å². The second-order valence-electron chi connectivity index (χ2n) is 3.22. The van der Waals surface area contributed by atoms with Crippen molar-refractivity contribution in [3.63, 3.8) is 0 Å². The van der Waals surface area contributed by atoms with Gasteiger partial charge in [0.2, 0.25) is 0 Å². The molecule has 0 saturated heterocycles. The largest absolute Gasteiger partial charge is 0.482 e. The van der Waals surface area contributed by atoms with Crippen molar-refractivity contribution in [3.8, 4) is 0 Å². The van der Waals surface area contributed by atoms with E-state index in [0.29, 0.717) is 18.1 Å². The highest BCUT2D eigenvalue weighted by atomic mass is 32.1. The van der Waals surface area contributed by atoms with Crippen molar-refractivity contribution >= 4 is 23.2 Å². The molecule has 0 aliphatic rings. The Bertz CT molecular complexity index is 349. The lowest BCUT2D eigenvalue weighted by Gasteiger charge is -2.06. The van der Waals surface area contributed by atoms with Crippen molar-refractivity contribution in [2.45, 2.75) is 19.4 Å². The molecule has 0 N–H and O–H groups in total. The third-order valence-electron chi connectivity index (χ3n) is 2.00. The third-order valence-corrected chi connectivity index (χ3v) is 2.33. The van der Waals surface area contributed by atoms with Crippen molar-refractivity contribution in [2.24, 2.45) is 0 Å². The molecule has 0 fully saturated rings. The molecule has 16 heavy (non-hydrogen) atoms. The van der Waals surface area contributed by atoms with E-state index >= 15 is 0 Å². The number of hydrogen-bond donors (Lipinski definition) is 0. The summed E-state index contributed by atoms with van der Waals surface area (Å²) in [6.45, 7) is 0.445. The summed E-state index contributed by atoms with van der Waals surface area (Å²) in [5, 5.41) is 0.439. The monoisotopic (exact) mass is 238 g/mol. The van der Waals surface area contributed by atoms with Gasteiger partial charge in [-0.2, -0.15) is 0 Å². The van der Waals surface area contributed by atoms with E-state index in [2.05, 4.69) is 4.74 Å². The molecule has 0 aromatic heterocycles. The van der Waals surface area contributed by atoms with Crippen LogP contribution in [0.3, 0.4) is 0 Å². The predicted octanol–water partition coefficient (Wildman–Crippen LogP) is 2.48. The van der Waals surface area contributed by atoms with Crippen molar-refractivity contribution in [1.29, 1.82) is 0 Å². The van der Waals surface area contributed by atoms with Crippen LogP contribution in [0, 0.1) is 0 Å². The number of esters is 1. The van der Waals surface area contributed by atoms with E-state index in [1.165, 1.54) is 7.11 Å². The van der Waals surface area contributed by atoms with Gasteiger partial charge < -0.3 is 9.47 Å². The summed E-state index contributed by atoms with van der Waals surface area (Å²) >= 11 is 4.99. The first-order chi connectivity index (χ1) is 7.72. The molecule has 1 aromatic carbocycles. The maximum atomic E-state index is 10.9. The lowest BCUT2D eigenvalue weighted by molar-refractivity contribution is -0.140. The number of benzene rings is 1. The minimum Gasteiger partial charge on any atom is -0.482 e. The Balaban J connectivity index is 2.23. The quantitative estimate of drug-likeness (QED) is 0.583. The molecule has 0 aliphatic heterocycles. The normalized spacial score (nSPS) is 9.56. The molecule has 1 rings (SSSR count). The van der Waals surface area contributed by atoms with Gasteiger partial charge in [-0.05, 0) is 17.8 Å². The third kappa shape index (κ3) is 4.89. The summed E-state index contributed by atoms with van der Waals surface area (Å²) in [4.78, 5) is 10.9.